The Morgan fingerprint density at radius 1 is 1.12 bits per heavy atom. The summed E-state index contributed by atoms with van der Waals surface area (Å²) in [5, 5.41) is 7.96. The molecule has 8 heteroatoms. The quantitative estimate of drug-likeness (QED) is 0.638. The Hall–Kier alpha value is -3.55. The summed E-state index contributed by atoms with van der Waals surface area (Å²) in [5.41, 5.74) is 2.18. The van der Waals surface area contributed by atoms with Crippen molar-refractivity contribution in [1.29, 1.82) is 0 Å². The van der Waals surface area contributed by atoms with Gasteiger partial charge in [-0.05, 0) is 61.1 Å². The zero-order chi connectivity index (χ0) is 23.0. The second kappa shape index (κ2) is 6.98. The van der Waals surface area contributed by atoms with Crippen molar-refractivity contribution in [2.24, 2.45) is 16.8 Å². The van der Waals surface area contributed by atoms with Crippen molar-refractivity contribution in [2.75, 3.05) is 19.6 Å². The van der Waals surface area contributed by atoms with E-state index in [0.29, 0.717) is 43.9 Å². The first-order chi connectivity index (χ1) is 16.5. The van der Waals surface area contributed by atoms with Gasteiger partial charge < -0.3 is 4.90 Å². The van der Waals surface area contributed by atoms with Crippen LogP contribution in [0.25, 0.3) is 22.0 Å². The lowest BCUT2D eigenvalue weighted by Gasteiger charge is -2.41. The molecule has 2 aliphatic carbocycles. The first-order valence-electron chi connectivity index (χ1n) is 12.0. The molecular weight excluding hydrogens is 433 g/mol. The van der Waals surface area contributed by atoms with Crippen LogP contribution in [0.15, 0.2) is 47.6 Å². The Balaban J connectivity index is 1.14. The van der Waals surface area contributed by atoms with Crippen LogP contribution < -0.4 is 0 Å². The maximum atomic E-state index is 15.4. The summed E-state index contributed by atoms with van der Waals surface area (Å²) >= 11 is 0. The lowest BCUT2D eigenvalue weighted by atomic mass is 9.97. The fourth-order valence-corrected chi connectivity index (χ4v) is 5.19. The molecule has 3 aromatic rings. The van der Waals surface area contributed by atoms with E-state index in [1.807, 2.05) is 35.4 Å². The lowest BCUT2D eigenvalue weighted by Crippen LogP contribution is -2.55. The maximum Gasteiger partial charge on any atom is 0.256 e. The molecule has 1 aromatic heterocycles. The number of rotatable bonds is 5. The van der Waals surface area contributed by atoms with Crippen LogP contribution in [0.2, 0.25) is 0 Å². The minimum absolute atomic E-state index is 0.0247. The minimum atomic E-state index is -0.694. The summed E-state index contributed by atoms with van der Waals surface area (Å²) in [4.78, 5) is 33.7. The van der Waals surface area contributed by atoms with E-state index in [0.717, 1.165) is 34.9 Å². The SMILES string of the molecule is O=C(C1CC1)N1CC(CN2C(=O)C3(CC3)N=C2c2ccc(-c3ccc4n[nH]cc4c3)cc2F)C1. The molecule has 1 N–H and O–H groups in total. The number of nitrogens with zero attached hydrogens (tertiary/aromatic N) is 4. The van der Waals surface area contributed by atoms with E-state index >= 15 is 4.39 Å². The van der Waals surface area contributed by atoms with E-state index in [1.165, 1.54) is 6.07 Å². The molecule has 172 valence electrons. The first kappa shape index (κ1) is 19.9. The number of aromatic nitrogens is 2. The van der Waals surface area contributed by atoms with Gasteiger partial charge in [0.05, 0.1) is 11.1 Å². The number of likely N-dealkylation sites (tertiary alicyclic amines) is 1. The maximum absolute atomic E-state index is 15.4. The van der Waals surface area contributed by atoms with Gasteiger partial charge in [0.25, 0.3) is 5.91 Å². The van der Waals surface area contributed by atoms with Crippen LogP contribution in [0.1, 0.15) is 31.2 Å². The van der Waals surface area contributed by atoms with Crippen molar-refractivity contribution >= 4 is 28.6 Å². The number of carbonyl (C=O) groups is 2. The number of H-pyrrole nitrogens is 1. The summed E-state index contributed by atoms with van der Waals surface area (Å²) in [6.45, 7) is 1.81. The molecule has 4 aliphatic rings. The second-order valence-corrected chi connectivity index (χ2v) is 10.1. The molecule has 0 unspecified atom stereocenters. The van der Waals surface area contributed by atoms with E-state index in [2.05, 4.69) is 10.2 Å². The molecule has 2 amide bonds. The smallest absolute Gasteiger partial charge is 0.256 e. The molecule has 0 bridgehead atoms. The third-order valence-corrected chi connectivity index (χ3v) is 7.55. The topological polar surface area (TPSA) is 81.7 Å². The number of aliphatic imine (C=N–C) groups is 1. The number of hydrogen-bond donors (Lipinski definition) is 1. The van der Waals surface area contributed by atoms with Crippen molar-refractivity contribution in [1.82, 2.24) is 20.0 Å². The third kappa shape index (κ3) is 3.08. The molecule has 2 aliphatic heterocycles. The first-order valence-corrected chi connectivity index (χ1v) is 12.0. The zero-order valence-electron chi connectivity index (χ0n) is 18.6. The van der Waals surface area contributed by atoms with Crippen molar-refractivity contribution < 1.29 is 14.0 Å². The summed E-state index contributed by atoms with van der Waals surface area (Å²) in [6, 6.07) is 10.9. The number of carbonyl (C=O) groups excluding carboxylic acids is 2. The second-order valence-electron chi connectivity index (χ2n) is 10.1. The molecule has 7 rings (SSSR count). The Labute approximate surface area is 195 Å². The molecule has 3 fully saturated rings. The number of aromatic amines is 1. The predicted octanol–water partition coefficient (Wildman–Crippen LogP) is 3.36. The van der Waals surface area contributed by atoms with Crippen LogP contribution in [-0.4, -0.2) is 62.8 Å². The highest BCUT2D eigenvalue weighted by Crippen LogP contribution is 2.46. The molecular formula is C26H24FN5O2. The highest BCUT2D eigenvalue weighted by atomic mass is 19.1. The molecule has 7 nitrogen and oxygen atoms in total. The Bertz CT molecular complexity index is 1380. The molecule has 3 heterocycles. The Morgan fingerprint density at radius 2 is 1.88 bits per heavy atom. The average Bonchev–Trinajstić information content (AvgIpc) is 3.72. The Morgan fingerprint density at radius 3 is 2.62 bits per heavy atom. The summed E-state index contributed by atoms with van der Waals surface area (Å²) in [5.74, 6) is 0.676. The molecule has 1 saturated heterocycles. The van der Waals surface area contributed by atoms with Gasteiger partial charge in [-0.1, -0.05) is 12.1 Å². The molecule has 34 heavy (non-hydrogen) atoms. The Kier molecular flexibility index (Phi) is 4.08. The number of benzene rings is 2. The summed E-state index contributed by atoms with van der Waals surface area (Å²) in [7, 11) is 0. The number of amides is 2. The highest BCUT2D eigenvalue weighted by molar-refractivity contribution is 6.16. The molecule has 0 atom stereocenters. The fraction of sp³-hybridized carbons (Fsp3) is 0.385. The lowest BCUT2D eigenvalue weighted by molar-refractivity contribution is -0.139. The van der Waals surface area contributed by atoms with E-state index in [4.69, 9.17) is 4.99 Å². The van der Waals surface area contributed by atoms with Crippen molar-refractivity contribution in [3.8, 4) is 11.1 Å². The average molecular weight is 458 g/mol. The van der Waals surface area contributed by atoms with Gasteiger partial charge in [-0.15, -0.1) is 0 Å². The highest BCUT2D eigenvalue weighted by Gasteiger charge is 2.58. The van der Waals surface area contributed by atoms with E-state index in [-0.39, 0.29) is 23.7 Å². The van der Waals surface area contributed by atoms with E-state index < -0.39 is 11.4 Å². The van der Waals surface area contributed by atoms with Crippen molar-refractivity contribution in [2.45, 2.75) is 31.2 Å². The number of hydrogen-bond acceptors (Lipinski definition) is 4. The number of fused-ring (bicyclic) bond motifs is 1. The zero-order valence-corrected chi connectivity index (χ0v) is 18.6. The van der Waals surface area contributed by atoms with Gasteiger partial charge in [-0.2, -0.15) is 5.10 Å². The predicted molar refractivity (Wildman–Crippen MR) is 124 cm³/mol. The monoisotopic (exact) mass is 457 g/mol. The molecule has 1 spiro atoms. The standard InChI is InChI=1S/C26H24FN5O2/c27-21-10-18(17-4-6-22-19(9-17)11-28-30-22)3-5-20(21)23-29-26(7-8-26)25(34)32(23)14-15-12-31(13-15)24(33)16-1-2-16/h3-6,9-11,15-16H,1-2,7-8,12-14H2,(H,28,30). The van der Waals surface area contributed by atoms with Gasteiger partial charge >= 0.3 is 0 Å². The van der Waals surface area contributed by atoms with Gasteiger partial charge in [0, 0.05) is 43.1 Å². The van der Waals surface area contributed by atoms with Crippen LogP contribution in [0, 0.1) is 17.7 Å². The van der Waals surface area contributed by atoms with E-state index in [9.17, 15) is 9.59 Å². The summed E-state index contributed by atoms with van der Waals surface area (Å²) < 4.78 is 15.4. The van der Waals surface area contributed by atoms with Crippen LogP contribution in [0.3, 0.4) is 0 Å². The number of halogens is 1. The van der Waals surface area contributed by atoms with Gasteiger partial charge in [0.1, 0.15) is 17.2 Å². The third-order valence-electron chi connectivity index (χ3n) is 7.55. The van der Waals surface area contributed by atoms with Crippen LogP contribution in [-0.2, 0) is 9.59 Å². The van der Waals surface area contributed by atoms with Gasteiger partial charge in [-0.25, -0.2) is 4.39 Å². The number of nitrogens with one attached hydrogen (secondary N) is 1. The van der Waals surface area contributed by atoms with Crippen LogP contribution >= 0.6 is 0 Å². The molecule has 2 saturated carbocycles. The van der Waals surface area contributed by atoms with Crippen molar-refractivity contribution in [3.63, 3.8) is 0 Å². The molecule has 0 radical (unpaired) electrons. The van der Waals surface area contributed by atoms with Crippen LogP contribution in [0.4, 0.5) is 4.39 Å². The van der Waals surface area contributed by atoms with Gasteiger partial charge in [0.15, 0.2) is 0 Å². The molecule has 2 aromatic carbocycles. The minimum Gasteiger partial charge on any atom is -0.342 e. The van der Waals surface area contributed by atoms with Crippen LogP contribution in [0.5, 0.6) is 0 Å². The summed E-state index contributed by atoms with van der Waals surface area (Å²) in [6.07, 6.45) is 5.24. The van der Waals surface area contributed by atoms with Crippen molar-refractivity contribution in [3.05, 3.63) is 54.0 Å². The van der Waals surface area contributed by atoms with Gasteiger partial charge in [0.2, 0.25) is 5.91 Å². The van der Waals surface area contributed by atoms with Gasteiger partial charge in [-0.3, -0.25) is 24.6 Å². The largest absolute Gasteiger partial charge is 0.342 e. The fourth-order valence-electron chi connectivity index (χ4n) is 5.19. The van der Waals surface area contributed by atoms with E-state index in [1.54, 1.807) is 11.0 Å². The normalized spacial score (nSPS) is 21.3. The number of amidine groups is 1.